The minimum absolute atomic E-state index is 1.28. The number of hydrogen-bond donors (Lipinski definition) is 2. The van der Waals surface area contributed by atoms with Gasteiger partial charge in [0.2, 0.25) is 0 Å². The highest BCUT2D eigenvalue weighted by Gasteiger charge is 1.91. The molecule has 16 heavy (non-hydrogen) atoms. The molecular formula is C12H14N2OS. The van der Waals surface area contributed by atoms with Crippen molar-refractivity contribution in [3.8, 4) is 11.1 Å². The third-order valence-electron chi connectivity index (χ3n) is 1.88. The number of nitrogens with two attached hydrogens (primary N) is 2. The lowest BCUT2D eigenvalue weighted by atomic mass is 10.1. The summed E-state index contributed by atoms with van der Waals surface area (Å²) in [7, 11) is 0. The zero-order chi connectivity index (χ0) is 11.8. The highest BCUT2D eigenvalue weighted by molar-refractivity contribution is 7.80. The molecule has 0 aliphatic carbocycles. The molecule has 0 aromatic heterocycles. The zero-order valence-electron chi connectivity index (χ0n) is 8.74. The van der Waals surface area contributed by atoms with E-state index in [1.807, 2.05) is 12.1 Å². The van der Waals surface area contributed by atoms with Crippen molar-refractivity contribution >= 4 is 11.2 Å². The van der Waals surface area contributed by atoms with Crippen molar-refractivity contribution in [2.75, 3.05) is 0 Å². The van der Waals surface area contributed by atoms with Crippen LogP contribution in [0.4, 0.5) is 0 Å². The average molecular weight is 234 g/mol. The Morgan fingerprint density at radius 3 is 1.19 bits per heavy atom. The molecule has 0 radical (unpaired) electrons. The van der Waals surface area contributed by atoms with E-state index in [1.54, 1.807) is 0 Å². The molecule has 0 saturated heterocycles. The van der Waals surface area contributed by atoms with Crippen molar-refractivity contribution < 1.29 is 4.21 Å². The predicted molar refractivity (Wildman–Crippen MR) is 68.4 cm³/mol. The van der Waals surface area contributed by atoms with Gasteiger partial charge >= 0.3 is 0 Å². The Morgan fingerprint density at radius 1 is 0.688 bits per heavy atom. The van der Waals surface area contributed by atoms with Crippen LogP contribution in [0.3, 0.4) is 0 Å². The van der Waals surface area contributed by atoms with Crippen LogP contribution in [0.1, 0.15) is 0 Å². The van der Waals surface area contributed by atoms with E-state index in [1.165, 1.54) is 11.1 Å². The summed E-state index contributed by atoms with van der Waals surface area (Å²) in [6, 6.07) is 20.8. The maximum Gasteiger partial charge on any atom is 0.161 e. The Kier molecular flexibility index (Phi) is 5.42. The standard InChI is InChI=1S/C12H10.H4N2OS/c1-3-7-11(8-4-1)12-9-5-2-6-10-12;1-4(2)3/h1-10H;1-2H2. The van der Waals surface area contributed by atoms with Crippen LogP contribution in [0.5, 0.6) is 0 Å². The van der Waals surface area contributed by atoms with Gasteiger partial charge in [0.05, 0.1) is 0 Å². The Hall–Kier alpha value is -1.49. The summed E-state index contributed by atoms with van der Waals surface area (Å²) >= 11 is -1.61. The molecule has 0 aliphatic rings. The van der Waals surface area contributed by atoms with E-state index in [4.69, 9.17) is 4.21 Å². The second-order valence-electron chi connectivity index (χ2n) is 3.06. The maximum atomic E-state index is 9.11. The molecule has 2 rings (SSSR count). The van der Waals surface area contributed by atoms with Gasteiger partial charge in [0, 0.05) is 0 Å². The summed E-state index contributed by atoms with van der Waals surface area (Å²) < 4.78 is 9.11. The van der Waals surface area contributed by atoms with Gasteiger partial charge in [-0.2, -0.15) is 0 Å². The largest absolute Gasteiger partial charge is 0.239 e. The van der Waals surface area contributed by atoms with Crippen molar-refractivity contribution in [1.29, 1.82) is 0 Å². The zero-order valence-corrected chi connectivity index (χ0v) is 9.56. The molecule has 0 saturated carbocycles. The van der Waals surface area contributed by atoms with E-state index >= 15 is 0 Å². The highest BCUT2D eigenvalue weighted by Crippen LogP contribution is 2.17. The van der Waals surface area contributed by atoms with E-state index in [2.05, 4.69) is 58.8 Å². The van der Waals surface area contributed by atoms with Crippen LogP contribution in [0.2, 0.25) is 0 Å². The van der Waals surface area contributed by atoms with Crippen molar-refractivity contribution in [3.63, 3.8) is 0 Å². The molecule has 4 N–H and O–H groups in total. The maximum absolute atomic E-state index is 9.11. The molecule has 0 heterocycles. The molecule has 0 atom stereocenters. The number of benzene rings is 2. The second-order valence-corrected chi connectivity index (χ2v) is 3.72. The smallest absolute Gasteiger partial charge is 0.161 e. The molecule has 0 spiro atoms. The molecular weight excluding hydrogens is 220 g/mol. The summed E-state index contributed by atoms with van der Waals surface area (Å²) in [6.07, 6.45) is 0. The normalized spacial score (nSPS) is 9.44. The van der Waals surface area contributed by atoms with Gasteiger partial charge in [0.25, 0.3) is 0 Å². The van der Waals surface area contributed by atoms with Gasteiger partial charge in [-0.15, -0.1) is 0 Å². The van der Waals surface area contributed by atoms with E-state index < -0.39 is 11.2 Å². The summed E-state index contributed by atoms with van der Waals surface area (Å²) in [5, 5.41) is 8.72. The number of hydrogen-bond acceptors (Lipinski definition) is 1. The monoisotopic (exact) mass is 234 g/mol. The van der Waals surface area contributed by atoms with Crippen LogP contribution in [0, 0.1) is 0 Å². The van der Waals surface area contributed by atoms with E-state index in [9.17, 15) is 0 Å². The fourth-order valence-electron chi connectivity index (χ4n) is 1.26. The second kappa shape index (κ2) is 6.90. The summed E-state index contributed by atoms with van der Waals surface area (Å²) in [6.45, 7) is 0. The molecule has 2 aromatic carbocycles. The number of rotatable bonds is 1. The molecule has 0 fully saturated rings. The molecule has 3 nitrogen and oxygen atoms in total. The molecule has 0 amide bonds. The average Bonchev–Trinajstić information content (AvgIpc) is 2.31. The molecule has 0 aliphatic heterocycles. The topological polar surface area (TPSA) is 69.1 Å². The van der Waals surface area contributed by atoms with Crippen molar-refractivity contribution in [3.05, 3.63) is 60.7 Å². The Balaban J connectivity index is 0.000000280. The van der Waals surface area contributed by atoms with Crippen molar-refractivity contribution in [2.45, 2.75) is 0 Å². The first-order valence-corrected chi connectivity index (χ1v) is 5.99. The Labute approximate surface area is 97.8 Å². The van der Waals surface area contributed by atoms with Gasteiger partial charge in [0.1, 0.15) is 0 Å². The highest BCUT2D eigenvalue weighted by atomic mass is 32.2. The van der Waals surface area contributed by atoms with Crippen LogP contribution >= 0.6 is 0 Å². The van der Waals surface area contributed by atoms with Crippen LogP contribution in [0.15, 0.2) is 60.7 Å². The first-order chi connectivity index (χ1) is 7.70. The van der Waals surface area contributed by atoms with Crippen molar-refractivity contribution in [1.82, 2.24) is 0 Å². The van der Waals surface area contributed by atoms with Gasteiger partial charge in [-0.05, 0) is 11.1 Å². The van der Waals surface area contributed by atoms with Gasteiger partial charge in [0.15, 0.2) is 11.2 Å². The van der Waals surface area contributed by atoms with E-state index in [0.29, 0.717) is 0 Å². The fourth-order valence-corrected chi connectivity index (χ4v) is 1.26. The lowest BCUT2D eigenvalue weighted by Gasteiger charge is -1.98. The molecule has 0 bridgehead atoms. The molecule has 84 valence electrons. The SMILES string of the molecule is NS(N)=O.c1ccc(-c2ccccc2)cc1. The summed E-state index contributed by atoms with van der Waals surface area (Å²) in [4.78, 5) is 0. The third-order valence-corrected chi connectivity index (χ3v) is 1.88. The minimum Gasteiger partial charge on any atom is -0.239 e. The van der Waals surface area contributed by atoms with Crippen LogP contribution < -0.4 is 10.3 Å². The fraction of sp³-hybridized carbons (Fsp3) is 0. The minimum atomic E-state index is -1.61. The molecule has 2 aromatic rings. The Bertz CT molecular complexity index is 390. The molecule has 0 unspecified atom stereocenters. The van der Waals surface area contributed by atoms with Crippen LogP contribution in [-0.4, -0.2) is 4.21 Å². The predicted octanol–water partition coefficient (Wildman–Crippen LogP) is 1.84. The lowest BCUT2D eigenvalue weighted by molar-refractivity contribution is 0.685. The lowest BCUT2D eigenvalue weighted by Crippen LogP contribution is -2.11. The third kappa shape index (κ3) is 4.84. The first-order valence-electron chi connectivity index (χ1n) is 4.71. The summed E-state index contributed by atoms with van der Waals surface area (Å²) in [5.41, 5.74) is 2.55. The van der Waals surface area contributed by atoms with Gasteiger partial charge in [-0.3, -0.25) is 0 Å². The first kappa shape index (κ1) is 12.6. The van der Waals surface area contributed by atoms with Crippen LogP contribution in [-0.2, 0) is 11.2 Å². The van der Waals surface area contributed by atoms with E-state index in [0.717, 1.165) is 0 Å². The van der Waals surface area contributed by atoms with Crippen LogP contribution in [0.25, 0.3) is 11.1 Å². The van der Waals surface area contributed by atoms with Gasteiger partial charge in [-0.1, -0.05) is 60.7 Å². The quantitative estimate of drug-likeness (QED) is 0.776. The van der Waals surface area contributed by atoms with Gasteiger partial charge in [-0.25, -0.2) is 14.5 Å². The summed E-state index contributed by atoms with van der Waals surface area (Å²) in [5.74, 6) is 0. The van der Waals surface area contributed by atoms with Crippen molar-refractivity contribution in [2.24, 2.45) is 10.3 Å². The van der Waals surface area contributed by atoms with E-state index in [-0.39, 0.29) is 0 Å². The molecule has 4 heteroatoms. The Morgan fingerprint density at radius 2 is 0.938 bits per heavy atom. The van der Waals surface area contributed by atoms with Gasteiger partial charge < -0.3 is 0 Å².